The molecule has 0 saturated carbocycles. The van der Waals surface area contributed by atoms with E-state index in [0.29, 0.717) is 5.69 Å². The molecule has 0 radical (unpaired) electrons. The summed E-state index contributed by atoms with van der Waals surface area (Å²) in [7, 11) is 0. The zero-order valence-corrected chi connectivity index (χ0v) is 13.6. The van der Waals surface area contributed by atoms with Gasteiger partial charge in [-0.1, -0.05) is 44.2 Å². The zero-order chi connectivity index (χ0) is 16.7. The fourth-order valence-corrected chi connectivity index (χ4v) is 2.48. The summed E-state index contributed by atoms with van der Waals surface area (Å²) in [6.45, 7) is 4.20. The van der Waals surface area contributed by atoms with Gasteiger partial charge in [0.25, 0.3) is 0 Å². The number of nitrogens with one attached hydrogen (secondary N) is 2. The summed E-state index contributed by atoms with van der Waals surface area (Å²) in [6.07, 6.45) is 1.90. The second-order valence-electron chi connectivity index (χ2n) is 5.52. The highest BCUT2D eigenvalue weighted by Crippen LogP contribution is 2.18. The van der Waals surface area contributed by atoms with Crippen molar-refractivity contribution in [3.63, 3.8) is 0 Å². The minimum atomic E-state index is -0.439. The Labute approximate surface area is 136 Å². The van der Waals surface area contributed by atoms with Gasteiger partial charge in [-0.15, -0.1) is 0 Å². The van der Waals surface area contributed by atoms with Crippen LogP contribution in [-0.2, 0) is 4.79 Å². The van der Waals surface area contributed by atoms with E-state index in [0.717, 1.165) is 18.4 Å². The fourth-order valence-electron chi connectivity index (χ4n) is 2.48. The van der Waals surface area contributed by atoms with E-state index >= 15 is 0 Å². The van der Waals surface area contributed by atoms with Gasteiger partial charge in [-0.2, -0.15) is 0 Å². The number of hydrogen-bond donors (Lipinski definition) is 2. The van der Waals surface area contributed by atoms with Crippen molar-refractivity contribution in [3.8, 4) is 0 Å². The van der Waals surface area contributed by atoms with Gasteiger partial charge in [-0.05, 0) is 42.7 Å². The van der Waals surface area contributed by atoms with Crippen LogP contribution >= 0.6 is 0 Å². The summed E-state index contributed by atoms with van der Waals surface area (Å²) < 4.78 is 13.0. The van der Waals surface area contributed by atoms with Gasteiger partial charge in [0, 0.05) is 11.7 Å². The van der Waals surface area contributed by atoms with Gasteiger partial charge >= 0.3 is 0 Å². The average molecular weight is 314 g/mol. The molecule has 0 aliphatic heterocycles. The van der Waals surface area contributed by atoms with E-state index in [-0.39, 0.29) is 17.8 Å². The Morgan fingerprint density at radius 2 is 1.61 bits per heavy atom. The van der Waals surface area contributed by atoms with Crippen molar-refractivity contribution < 1.29 is 9.18 Å². The van der Waals surface area contributed by atoms with Crippen LogP contribution in [0.5, 0.6) is 0 Å². The molecule has 122 valence electrons. The molecular weight excluding hydrogens is 291 g/mol. The van der Waals surface area contributed by atoms with Gasteiger partial charge in [0.2, 0.25) is 5.91 Å². The minimum Gasteiger partial charge on any atom is -0.324 e. The first-order valence-electron chi connectivity index (χ1n) is 8.01. The maximum absolute atomic E-state index is 13.0. The van der Waals surface area contributed by atoms with E-state index < -0.39 is 6.04 Å². The first-order chi connectivity index (χ1) is 11.1. The average Bonchev–Trinajstić information content (AvgIpc) is 2.59. The molecule has 2 aromatic carbocycles. The van der Waals surface area contributed by atoms with Crippen molar-refractivity contribution in [2.75, 3.05) is 5.32 Å². The van der Waals surface area contributed by atoms with Crippen molar-refractivity contribution in [2.24, 2.45) is 0 Å². The summed E-state index contributed by atoms with van der Waals surface area (Å²) in [5.74, 6) is -0.465. The van der Waals surface area contributed by atoms with Crippen molar-refractivity contribution in [1.29, 1.82) is 0 Å². The Kier molecular flexibility index (Phi) is 6.29. The molecule has 0 aliphatic carbocycles. The van der Waals surface area contributed by atoms with Crippen LogP contribution in [-0.4, -0.2) is 11.9 Å². The number of carbonyl (C=O) groups excluding carboxylic acids is 1. The van der Waals surface area contributed by atoms with Crippen molar-refractivity contribution in [3.05, 3.63) is 66.0 Å². The van der Waals surface area contributed by atoms with Crippen LogP contribution in [0.1, 0.15) is 38.3 Å². The van der Waals surface area contributed by atoms with Gasteiger partial charge in [-0.25, -0.2) is 4.39 Å². The maximum Gasteiger partial charge on any atom is 0.246 e. The monoisotopic (exact) mass is 314 g/mol. The first kappa shape index (κ1) is 17.2. The van der Waals surface area contributed by atoms with Gasteiger partial charge in [0.05, 0.1) is 0 Å². The Morgan fingerprint density at radius 3 is 2.17 bits per heavy atom. The smallest absolute Gasteiger partial charge is 0.246 e. The lowest BCUT2D eigenvalue weighted by atomic mass is 10.0. The largest absolute Gasteiger partial charge is 0.324 e. The Balaban J connectivity index is 2.18. The van der Waals surface area contributed by atoms with Crippen LogP contribution in [0, 0.1) is 5.82 Å². The molecule has 2 aromatic rings. The van der Waals surface area contributed by atoms with Crippen molar-refractivity contribution in [1.82, 2.24) is 5.32 Å². The fraction of sp³-hybridized carbons (Fsp3) is 0.316. The summed E-state index contributed by atoms with van der Waals surface area (Å²) in [5, 5.41) is 6.27. The second kappa shape index (κ2) is 8.44. The molecule has 0 spiro atoms. The third-order valence-electron chi connectivity index (χ3n) is 3.89. The molecule has 0 bridgehead atoms. The van der Waals surface area contributed by atoms with Crippen LogP contribution in [0.15, 0.2) is 54.6 Å². The zero-order valence-electron chi connectivity index (χ0n) is 13.6. The van der Waals surface area contributed by atoms with E-state index in [1.807, 2.05) is 30.3 Å². The van der Waals surface area contributed by atoms with Gasteiger partial charge in [-0.3, -0.25) is 10.1 Å². The number of rotatable bonds is 7. The summed E-state index contributed by atoms with van der Waals surface area (Å²) in [6, 6.07) is 15.3. The van der Waals surface area contributed by atoms with E-state index in [9.17, 15) is 9.18 Å². The third kappa shape index (κ3) is 4.89. The molecule has 3 nitrogen and oxygen atoms in total. The van der Waals surface area contributed by atoms with Gasteiger partial charge in [0.1, 0.15) is 11.9 Å². The Hall–Kier alpha value is -2.20. The second-order valence-corrected chi connectivity index (χ2v) is 5.52. The number of hydrogen-bond acceptors (Lipinski definition) is 2. The van der Waals surface area contributed by atoms with Gasteiger partial charge < -0.3 is 5.32 Å². The summed E-state index contributed by atoms with van der Waals surface area (Å²) in [5.41, 5.74) is 1.50. The summed E-state index contributed by atoms with van der Waals surface area (Å²) in [4.78, 5) is 12.7. The third-order valence-corrected chi connectivity index (χ3v) is 3.89. The molecule has 2 N–H and O–H groups in total. The van der Waals surface area contributed by atoms with Gasteiger partial charge in [0.15, 0.2) is 0 Å². The van der Waals surface area contributed by atoms with Crippen molar-refractivity contribution >= 4 is 11.6 Å². The van der Waals surface area contributed by atoms with Crippen LogP contribution in [0.4, 0.5) is 10.1 Å². The lowest BCUT2D eigenvalue weighted by Gasteiger charge is -2.24. The van der Waals surface area contributed by atoms with Crippen LogP contribution in [0.25, 0.3) is 0 Å². The number of anilines is 1. The highest BCUT2D eigenvalue weighted by molar-refractivity contribution is 5.95. The molecule has 4 heteroatoms. The number of halogens is 1. The molecule has 2 rings (SSSR count). The molecule has 1 amide bonds. The number of amides is 1. The lowest BCUT2D eigenvalue weighted by molar-refractivity contribution is -0.118. The van der Waals surface area contributed by atoms with Crippen molar-refractivity contribution in [2.45, 2.75) is 38.8 Å². The van der Waals surface area contributed by atoms with Crippen LogP contribution in [0.2, 0.25) is 0 Å². The topological polar surface area (TPSA) is 41.1 Å². The van der Waals surface area contributed by atoms with E-state index in [1.54, 1.807) is 12.1 Å². The predicted octanol–water partition coefficient (Wildman–Crippen LogP) is 4.28. The predicted molar refractivity (Wildman–Crippen MR) is 91.7 cm³/mol. The normalized spacial score (nSPS) is 12.2. The maximum atomic E-state index is 13.0. The van der Waals surface area contributed by atoms with Crippen LogP contribution in [0.3, 0.4) is 0 Å². The van der Waals surface area contributed by atoms with Crippen LogP contribution < -0.4 is 10.6 Å². The molecule has 0 aliphatic rings. The van der Waals surface area contributed by atoms with E-state index in [1.165, 1.54) is 12.1 Å². The molecule has 0 fully saturated rings. The quantitative estimate of drug-likeness (QED) is 0.800. The molecule has 1 atom stereocenters. The standard InChI is InChI=1S/C19H23FN2O/c1-3-16(4-2)21-18(14-8-6-5-7-9-14)19(23)22-17-12-10-15(20)11-13-17/h5-13,16,18,21H,3-4H2,1-2H3,(H,22,23)/t18-/m0/s1. The Bertz CT molecular complexity index is 609. The summed E-state index contributed by atoms with van der Waals surface area (Å²) >= 11 is 0. The highest BCUT2D eigenvalue weighted by atomic mass is 19.1. The highest BCUT2D eigenvalue weighted by Gasteiger charge is 2.22. The molecule has 0 saturated heterocycles. The SMILES string of the molecule is CCC(CC)N[C@H](C(=O)Nc1ccc(F)cc1)c1ccccc1. The number of carbonyl (C=O) groups is 1. The first-order valence-corrected chi connectivity index (χ1v) is 8.01. The number of benzene rings is 2. The Morgan fingerprint density at radius 1 is 1.00 bits per heavy atom. The molecule has 0 aromatic heterocycles. The van der Waals surface area contributed by atoms with E-state index in [2.05, 4.69) is 24.5 Å². The molecule has 0 unspecified atom stereocenters. The molecular formula is C19H23FN2O. The molecule has 0 heterocycles. The molecule has 23 heavy (non-hydrogen) atoms. The van der Waals surface area contributed by atoms with E-state index in [4.69, 9.17) is 0 Å². The minimum absolute atomic E-state index is 0.144. The lowest BCUT2D eigenvalue weighted by Crippen LogP contribution is -2.39.